The molecule has 1 N–H and O–H groups in total. The Bertz CT molecular complexity index is 715. The average Bonchev–Trinajstić information content (AvgIpc) is 3.10. The summed E-state index contributed by atoms with van der Waals surface area (Å²) in [7, 11) is 1.56. The largest absolute Gasteiger partial charge is 0.481 e. The molecule has 0 spiro atoms. The summed E-state index contributed by atoms with van der Waals surface area (Å²) in [4.78, 5) is 18.6. The number of aromatic nitrogens is 1. The number of carbonyl (C=O) groups excluding carboxylic acids is 1. The standard InChI is InChI=1S/C20H25N3O2/c1-15-5-3-4-6-18(15)17-9-11-23(14-17)12-10-21-20(24)16-7-8-19(25-2)22-13-16/h3-8,13,17H,9-12,14H2,1-2H3,(H,21,24). The summed E-state index contributed by atoms with van der Waals surface area (Å²) >= 11 is 0. The van der Waals surface area contributed by atoms with Gasteiger partial charge in [0.05, 0.1) is 12.7 Å². The quantitative estimate of drug-likeness (QED) is 0.879. The molecule has 1 atom stereocenters. The topological polar surface area (TPSA) is 54.5 Å². The number of nitrogens with one attached hydrogen (secondary N) is 1. The summed E-state index contributed by atoms with van der Waals surface area (Å²) < 4.78 is 5.00. The van der Waals surface area contributed by atoms with Crippen molar-refractivity contribution in [2.75, 3.05) is 33.3 Å². The first-order valence-electron chi connectivity index (χ1n) is 8.73. The van der Waals surface area contributed by atoms with Gasteiger partial charge in [0.2, 0.25) is 5.88 Å². The van der Waals surface area contributed by atoms with Gasteiger partial charge in [-0.1, -0.05) is 24.3 Å². The Labute approximate surface area is 149 Å². The Balaban J connectivity index is 1.45. The smallest absolute Gasteiger partial charge is 0.252 e. The van der Waals surface area contributed by atoms with Crippen molar-refractivity contribution in [2.45, 2.75) is 19.3 Å². The van der Waals surface area contributed by atoms with Crippen LogP contribution in [0.4, 0.5) is 0 Å². The number of carbonyl (C=O) groups is 1. The van der Waals surface area contributed by atoms with E-state index in [9.17, 15) is 4.79 Å². The molecule has 0 aliphatic carbocycles. The summed E-state index contributed by atoms with van der Waals surface area (Å²) in [5.74, 6) is 1.02. The molecule has 0 radical (unpaired) electrons. The van der Waals surface area contributed by atoms with Crippen LogP contribution in [0.25, 0.3) is 0 Å². The van der Waals surface area contributed by atoms with E-state index in [-0.39, 0.29) is 5.91 Å². The predicted molar refractivity (Wildman–Crippen MR) is 98.1 cm³/mol. The lowest BCUT2D eigenvalue weighted by Crippen LogP contribution is -2.33. The number of pyridine rings is 1. The third-order valence-corrected chi connectivity index (χ3v) is 4.82. The highest BCUT2D eigenvalue weighted by atomic mass is 16.5. The molecule has 132 valence electrons. The summed E-state index contributed by atoms with van der Waals surface area (Å²) in [5, 5.41) is 2.97. The van der Waals surface area contributed by atoms with Crippen LogP contribution in [0.15, 0.2) is 42.6 Å². The van der Waals surface area contributed by atoms with Gasteiger partial charge in [-0.25, -0.2) is 4.98 Å². The molecule has 1 aromatic heterocycles. The second-order valence-corrected chi connectivity index (χ2v) is 6.49. The van der Waals surface area contributed by atoms with Crippen LogP contribution in [0.3, 0.4) is 0 Å². The van der Waals surface area contributed by atoms with Crippen LogP contribution in [0.5, 0.6) is 5.88 Å². The van der Waals surface area contributed by atoms with Crippen LogP contribution in [0.1, 0.15) is 33.8 Å². The van der Waals surface area contributed by atoms with Crippen LogP contribution < -0.4 is 10.1 Å². The van der Waals surface area contributed by atoms with Gasteiger partial charge in [-0.2, -0.15) is 0 Å². The number of rotatable bonds is 6. The molecule has 1 aromatic carbocycles. The molecule has 1 unspecified atom stereocenters. The monoisotopic (exact) mass is 339 g/mol. The normalized spacial score (nSPS) is 17.4. The maximum absolute atomic E-state index is 12.1. The highest BCUT2D eigenvalue weighted by molar-refractivity contribution is 5.93. The summed E-state index contributed by atoms with van der Waals surface area (Å²) in [6.07, 6.45) is 2.72. The minimum Gasteiger partial charge on any atom is -0.481 e. The van der Waals surface area contributed by atoms with Gasteiger partial charge in [-0.3, -0.25) is 4.79 Å². The molecule has 5 heteroatoms. The molecular weight excluding hydrogens is 314 g/mol. The van der Waals surface area contributed by atoms with Crippen molar-refractivity contribution in [2.24, 2.45) is 0 Å². The fourth-order valence-electron chi connectivity index (χ4n) is 3.40. The van der Waals surface area contributed by atoms with E-state index in [0.717, 1.165) is 19.6 Å². The molecule has 1 aliphatic heterocycles. The lowest BCUT2D eigenvalue weighted by atomic mass is 9.94. The van der Waals surface area contributed by atoms with Crippen LogP contribution >= 0.6 is 0 Å². The third kappa shape index (κ3) is 4.37. The summed E-state index contributed by atoms with van der Waals surface area (Å²) in [6.45, 7) is 5.84. The van der Waals surface area contributed by atoms with Gasteiger partial charge in [0.15, 0.2) is 0 Å². The van der Waals surface area contributed by atoms with Crippen molar-refractivity contribution in [1.82, 2.24) is 15.2 Å². The molecule has 25 heavy (non-hydrogen) atoms. The first-order valence-corrected chi connectivity index (χ1v) is 8.73. The van der Waals surface area contributed by atoms with E-state index in [0.29, 0.717) is 23.9 Å². The minimum atomic E-state index is -0.0928. The molecule has 0 bridgehead atoms. The average molecular weight is 339 g/mol. The number of ether oxygens (including phenoxy) is 1. The van der Waals surface area contributed by atoms with Crippen LogP contribution in [0, 0.1) is 6.92 Å². The van der Waals surface area contributed by atoms with E-state index < -0.39 is 0 Å². The van der Waals surface area contributed by atoms with Crippen molar-refractivity contribution in [3.63, 3.8) is 0 Å². The van der Waals surface area contributed by atoms with E-state index in [2.05, 4.69) is 46.4 Å². The Morgan fingerprint density at radius 1 is 1.32 bits per heavy atom. The number of likely N-dealkylation sites (tertiary alicyclic amines) is 1. The third-order valence-electron chi connectivity index (χ3n) is 4.82. The van der Waals surface area contributed by atoms with E-state index in [1.54, 1.807) is 19.2 Å². The van der Waals surface area contributed by atoms with Crippen LogP contribution in [-0.2, 0) is 0 Å². The van der Waals surface area contributed by atoms with Gasteiger partial charge in [0.1, 0.15) is 0 Å². The maximum Gasteiger partial charge on any atom is 0.252 e. The molecule has 1 fully saturated rings. The fourth-order valence-corrected chi connectivity index (χ4v) is 3.40. The van der Waals surface area contributed by atoms with Crippen LogP contribution in [0.2, 0.25) is 0 Å². The van der Waals surface area contributed by atoms with Crippen molar-refractivity contribution in [1.29, 1.82) is 0 Å². The van der Waals surface area contributed by atoms with E-state index in [4.69, 9.17) is 4.74 Å². The number of amides is 1. The van der Waals surface area contributed by atoms with Gasteiger partial charge in [-0.15, -0.1) is 0 Å². The molecule has 5 nitrogen and oxygen atoms in total. The predicted octanol–water partition coefficient (Wildman–Crippen LogP) is 2.62. The number of methoxy groups -OCH3 is 1. The zero-order chi connectivity index (χ0) is 17.6. The van der Waals surface area contributed by atoms with Gasteiger partial charge < -0.3 is 15.0 Å². The van der Waals surface area contributed by atoms with E-state index >= 15 is 0 Å². The molecule has 1 saturated heterocycles. The van der Waals surface area contributed by atoms with Gasteiger partial charge in [0.25, 0.3) is 5.91 Å². The Kier molecular flexibility index (Phi) is 5.66. The Morgan fingerprint density at radius 3 is 2.88 bits per heavy atom. The minimum absolute atomic E-state index is 0.0928. The molecule has 2 aromatic rings. The van der Waals surface area contributed by atoms with E-state index in [1.165, 1.54) is 23.7 Å². The molecule has 2 heterocycles. The Hall–Kier alpha value is -2.40. The number of hydrogen-bond donors (Lipinski definition) is 1. The fraction of sp³-hybridized carbons (Fsp3) is 0.400. The van der Waals surface area contributed by atoms with Gasteiger partial charge in [0, 0.05) is 31.9 Å². The van der Waals surface area contributed by atoms with Crippen molar-refractivity contribution in [3.8, 4) is 5.88 Å². The zero-order valence-electron chi connectivity index (χ0n) is 14.9. The first kappa shape index (κ1) is 17.4. The lowest BCUT2D eigenvalue weighted by Gasteiger charge is -2.17. The summed E-state index contributed by atoms with van der Waals surface area (Å²) in [6, 6.07) is 12.1. The van der Waals surface area contributed by atoms with Gasteiger partial charge >= 0.3 is 0 Å². The number of benzene rings is 1. The second kappa shape index (κ2) is 8.12. The first-order chi connectivity index (χ1) is 12.2. The van der Waals surface area contributed by atoms with Crippen LogP contribution in [-0.4, -0.2) is 49.1 Å². The lowest BCUT2D eigenvalue weighted by molar-refractivity contribution is 0.0949. The maximum atomic E-state index is 12.1. The number of hydrogen-bond acceptors (Lipinski definition) is 4. The Morgan fingerprint density at radius 2 is 2.16 bits per heavy atom. The second-order valence-electron chi connectivity index (χ2n) is 6.49. The number of aryl methyl sites for hydroxylation is 1. The highest BCUT2D eigenvalue weighted by Gasteiger charge is 2.24. The summed E-state index contributed by atoms with van der Waals surface area (Å²) in [5.41, 5.74) is 3.38. The van der Waals surface area contributed by atoms with Crippen molar-refractivity contribution in [3.05, 3.63) is 59.3 Å². The van der Waals surface area contributed by atoms with Gasteiger partial charge in [-0.05, 0) is 43.0 Å². The molecule has 1 aliphatic rings. The molecule has 0 saturated carbocycles. The van der Waals surface area contributed by atoms with Crippen molar-refractivity contribution >= 4 is 5.91 Å². The zero-order valence-corrected chi connectivity index (χ0v) is 14.9. The van der Waals surface area contributed by atoms with E-state index in [1.807, 2.05) is 0 Å². The van der Waals surface area contributed by atoms with Crippen molar-refractivity contribution < 1.29 is 9.53 Å². The highest BCUT2D eigenvalue weighted by Crippen LogP contribution is 2.28. The SMILES string of the molecule is COc1ccc(C(=O)NCCN2CCC(c3ccccc3C)C2)cn1. The molecule has 1 amide bonds. The molecular formula is C20H25N3O2. The number of nitrogens with zero attached hydrogens (tertiary/aromatic N) is 2. The molecule has 3 rings (SSSR count).